The summed E-state index contributed by atoms with van der Waals surface area (Å²) in [6.45, 7) is 0. The predicted molar refractivity (Wildman–Crippen MR) is 72.9 cm³/mol. The van der Waals surface area contributed by atoms with Gasteiger partial charge in [-0.3, -0.25) is 0 Å². The Morgan fingerprint density at radius 1 is 1.50 bits per heavy atom. The van der Waals surface area contributed by atoms with Crippen LogP contribution in [0.25, 0.3) is 0 Å². The van der Waals surface area contributed by atoms with Crippen LogP contribution in [0.5, 0.6) is 0 Å². The van der Waals surface area contributed by atoms with Gasteiger partial charge in [0.15, 0.2) is 0 Å². The van der Waals surface area contributed by atoms with Crippen molar-refractivity contribution in [2.45, 2.75) is 37.8 Å². The first-order valence-electron chi connectivity index (χ1n) is 6.07. The third-order valence-electron chi connectivity index (χ3n) is 2.82. The fraction of sp³-hybridized carbons (Fsp3) is 0.667. The summed E-state index contributed by atoms with van der Waals surface area (Å²) in [7, 11) is 0. The fourth-order valence-corrected chi connectivity index (χ4v) is 2.27. The van der Waals surface area contributed by atoms with E-state index >= 15 is 0 Å². The molecule has 0 aromatic heterocycles. The molecule has 0 bridgehead atoms. The number of carbonyl (C=O) groups is 2. The number of amides is 2. The Morgan fingerprint density at radius 2 is 2.28 bits per heavy atom. The van der Waals surface area contributed by atoms with E-state index in [0.29, 0.717) is 12.2 Å². The normalized spacial score (nSPS) is 20.2. The van der Waals surface area contributed by atoms with Crippen molar-refractivity contribution in [2.75, 3.05) is 12.0 Å². The second kappa shape index (κ2) is 8.02. The molecule has 0 fully saturated rings. The molecular formula is C12H20N2O3S. The van der Waals surface area contributed by atoms with E-state index < -0.39 is 12.0 Å². The predicted octanol–water partition coefficient (Wildman–Crippen LogP) is 1.60. The number of thioether (sulfide) groups is 1. The molecule has 0 spiro atoms. The SMILES string of the molecule is CSCC[C@H](NC(=O)NC1CC=CCC1)C(=O)O. The zero-order chi connectivity index (χ0) is 13.4. The van der Waals surface area contributed by atoms with E-state index in [4.69, 9.17) is 5.11 Å². The number of carbonyl (C=O) groups excluding carboxylic acids is 1. The van der Waals surface area contributed by atoms with Gasteiger partial charge in [0.2, 0.25) is 0 Å². The summed E-state index contributed by atoms with van der Waals surface area (Å²) in [4.78, 5) is 22.6. The quantitative estimate of drug-likeness (QED) is 0.642. The van der Waals surface area contributed by atoms with E-state index in [2.05, 4.69) is 16.7 Å². The minimum atomic E-state index is -0.984. The number of allylic oxidation sites excluding steroid dienone is 1. The largest absolute Gasteiger partial charge is 0.480 e. The average molecular weight is 272 g/mol. The summed E-state index contributed by atoms with van der Waals surface area (Å²) < 4.78 is 0. The van der Waals surface area contributed by atoms with Gasteiger partial charge in [-0.05, 0) is 37.7 Å². The summed E-state index contributed by atoms with van der Waals surface area (Å²) in [5.41, 5.74) is 0. The maximum Gasteiger partial charge on any atom is 0.326 e. The van der Waals surface area contributed by atoms with Crippen LogP contribution in [0.3, 0.4) is 0 Å². The van der Waals surface area contributed by atoms with Crippen LogP contribution in [0.4, 0.5) is 4.79 Å². The molecule has 0 aromatic carbocycles. The highest BCUT2D eigenvalue weighted by molar-refractivity contribution is 7.98. The van der Waals surface area contributed by atoms with Gasteiger partial charge < -0.3 is 15.7 Å². The van der Waals surface area contributed by atoms with E-state index in [1.807, 2.05) is 12.3 Å². The number of hydrogen-bond acceptors (Lipinski definition) is 3. The highest BCUT2D eigenvalue weighted by atomic mass is 32.2. The molecule has 2 amide bonds. The van der Waals surface area contributed by atoms with E-state index in [1.54, 1.807) is 11.8 Å². The topological polar surface area (TPSA) is 78.4 Å². The first-order chi connectivity index (χ1) is 8.63. The van der Waals surface area contributed by atoms with E-state index in [0.717, 1.165) is 19.3 Å². The monoisotopic (exact) mass is 272 g/mol. The van der Waals surface area contributed by atoms with Crippen LogP contribution in [0.1, 0.15) is 25.7 Å². The summed E-state index contributed by atoms with van der Waals surface area (Å²) in [5, 5.41) is 14.3. The summed E-state index contributed by atoms with van der Waals surface area (Å²) in [5.74, 6) is -0.272. The molecule has 0 aromatic rings. The van der Waals surface area contributed by atoms with E-state index in [1.165, 1.54) is 0 Å². The Labute approximate surface area is 111 Å². The lowest BCUT2D eigenvalue weighted by atomic mass is 10.0. The van der Waals surface area contributed by atoms with Gasteiger partial charge in [-0.15, -0.1) is 0 Å². The van der Waals surface area contributed by atoms with Gasteiger partial charge in [-0.2, -0.15) is 11.8 Å². The molecule has 2 atom stereocenters. The summed E-state index contributed by atoms with van der Waals surface area (Å²) in [6, 6.07) is -1.08. The maximum atomic E-state index is 11.7. The molecule has 1 aliphatic carbocycles. The van der Waals surface area contributed by atoms with Crippen molar-refractivity contribution in [1.82, 2.24) is 10.6 Å². The van der Waals surface area contributed by atoms with E-state index in [-0.39, 0.29) is 12.1 Å². The third-order valence-corrected chi connectivity index (χ3v) is 3.46. The molecule has 102 valence electrons. The second-order valence-electron chi connectivity index (χ2n) is 4.27. The van der Waals surface area contributed by atoms with E-state index in [9.17, 15) is 9.59 Å². The highest BCUT2D eigenvalue weighted by Gasteiger charge is 2.20. The highest BCUT2D eigenvalue weighted by Crippen LogP contribution is 2.10. The smallest absolute Gasteiger partial charge is 0.326 e. The lowest BCUT2D eigenvalue weighted by molar-refractivity contribution is -0.139. The fourth-order valence-electron chi connectivity index (χ4n) is 1.80. The number of nitrogens with one attached hydrogen (secondary N) is 2. The minimum absolute atomic E-state index is 0.116. The summed E-state index contributed by atoms with van der Waals surface area (Å²) >= 11 is 1.57. The van der Waals surface area contributed by atoms with Crippen LogP contribution in [0.2, 0.25) is 0 Å². The van der Waals surface area contributed by atoms with Crippen LogP contribution in [0.15, 0.2) is 12.2 Å². The van der Waals surface area contributed by atoms with Gasteiger partial charge >= 0.3 is 12.0 Å². The summed E-state index contributed by atoms with van der Waals surface area (Å²) in [6.07, 6.45) is 9.16. The van der Waals surface area contributed by atoms with Crippen molar-refractivity contribution in [3.8, 4) is 0 Å². The Hall–Kier alpha value is -1.17. The molecule has 0 aliphatic heterocycles. The molecule has 3 N–H and O–H groups in total. The molecule has 0 saturated heterocycles. The van der Waals surface area contributed by atoms with Gasteiger partial charge in [0.25, 0.3) is 0 Å². The van der Waals surface area contributed by atoms with Crippen molar-refractivity contribution < 1.29 is 14.7 Å². The Balaban J connectivity index is 2.35. The maximum absolute atomic E-state index is 11.7. The van der Waals surface area contributed by atoms with Gasteiger partial charge in [-0.1, -0.05) is 12.2 Å². The van der Waals surface area contributed by atoms with Crippen molar-refractivity contribution in [3.05, 3.63) is 12.2 Å². The Morgan fingerprint density at radius 3 is 2.83 bits per heavy atom. The molecule has 0 radical (unpaired) electrons. The molecule has 1 aliphatic rings. The van der Waals surface area contributed by atoms with Gasteiger partial charge in [0.1, 0.15) is 6.04 Å². The van der Waals surface area contributed by atoms with Crippen LogP contribution >= 0.6 is 11.8 Å². The van der Waals surface area contributed by atoms with Crippen LogP contribution in [-0.4, -0.2) is 41.2 Å². The number of aliphatic carboxylic acids is 1. The first-order valence-corrected chi connectivity index (χ1v) is 7.46. The first kappa shape index (κ1) is 14.9. The molecule has 6 heteroatoms. The number of urea groups is 1. The lowest BCUT2D eigenvalue weighted by Gasteiger charge is -2.21. The average Bonchev–Trinajstić information content (AvgIpc) is 2.35. The third kappa shape index (κ3) is 5.44. The van der Waals surface area contributed by atoms with Crippen LogP contribution < -0.4 is 10.6 Å². The zero-order valence-corrected chi connectivity index (χ0v) is 11.3. The zero-order valence-electron chi connectivity index (χ0n) is 10.5. The molecule has 1 rings (SSSR count). The molecule has 18 heavy (non-hydrogen) atoms. The Bertz CT molecular complexity index is 320. The van der Waals surface area contributed by atoms with Crippen LogP contribution in [-0.2, 0) is 4.79 Å². The van der Waals surface area contributed by atoms with Crippen molar-refractivity contribution in [2.24, 2.45) is 0 Å². The number of carboxylic acids is 1. The van der Waals surface area contributed by atoms with Crippen molar-refractivity contribution in [3.63, 3.8) is 0 Å². The van der Waals surface area contributed by atoms with Gasteiger partial charge in [0.05, 0.1) is 0 Å². The minimum Gasteiger partial charge on any atom is -0.480 e. The van der Waals surface area contributed by atoms with Crippen LogP contribution in [0, 0.1) is 0 Å². The molecule has 1 unspecified atom stereocenters. The van der Waals surface area contributed by atoms with Gasteiger partial charge in [-0.25, -0.2) is 9.59 Å². The Kier molecular flexibility index (Phi) is 6.64. The van der Waals surface area contributed by atoms with Crippen molar-refractivity contribution in [1.29, 1.82) is 0 Å². The number of carboxylic acid groups (broad SMARTS) is 1. The number of hydrogen-bond donors (Lipinski definition) is 3. The molecule has 0 saturated carbocycles. The molecule has 5 nitrogen and oxygen atoms in total. The number of rotatable bonds is 6. The lowest BCUT2D eigenvalue weighted by Crippen LogP contribution is -2.49. The standard InChI is InChI=1S/C12H20N2O3S/c1-18-8-7-10(11(15)16)14-12(17)13-9-5-3-2-4-6-9/h2-3,9-10H,4-8H2,1H3,(H,15,16)(H2,13,14,17)/t9?,10-/m0/s1. The molecular weight excluding hydrogens is 252 g/mol. The second-order valence-corrected chi connectivity index (χ2v) is 5.26. The van der Waals surface area contributed by atoms with Crippen molar-refractivity contribution >= 4 is 23.8 Å². The molecule has 0 heterocycles. The van der Waals surface area contributed by atoms with Gasteiger partial charge in [0, 0.05) is 6.04 Å².